The van der Waals surface area contributed by atoms with Crippen molar-refractivity contribution >= 4 is 20.3 Å². The molecule has 14 heavy (non-hydrogen) atoms. The van der Waals surface area contributed by atoms with Gasteiger partial charge in [0.05, 0.1) is 0 Å². The van der Waals surface area contributed by atoms with Gasteiger partial charge in [0, 0.05) is 14.2 Å². The summed E-state index contributed by atoms with van der Waals surface area (Å²) in [5.41, 5.74) is 0. The van der Waals surface area contributed by atoms with E-state index in [0.717, 1.165) is 12.0 Å². The van der Waals surface area contributed by atoms with Gasteiger partial charge in [0.1, 0.15) is 0 Å². The largest absolute Gasteiger partial charge is 0.398 e. The minimum atomic E-state index is -1.79. The first-order chi connectivity index (χ1) is 6.54. The Morgan fingerprint density at radius 3 is 2.21 bits per heavy atom. The fraction of sp³-hybridized carbons (Fsp3) is 1.00. The van der Waals surface area contributed by atoms with Crippen LogP contribution in [0, 0.1) is 5.92 Å². The third kappa shape index (κ3) is 6.87. The van der Waals surface area contributed by atoms with E-state index >= 15 is 0 Å². The zero-order valence-corrected chi connectivity index (χ0v) is 11.9. The smallest absolute Gasteiger partial charge is 0.334 e. The Labute approximate surface area is 94.0 Å². The van der Waals surface area contributed by atoms with Crippen LogP contribution in [0.5, 0.6) is 0 Å². The summed E-state index contributed by atoms with van der Waals surface area (Å²) >= 11 is 2.03. The molecule has 0 saturated heterocycles. The Hall–Kier alpha value is 0.487. The van der Waals surface area contributed by atoms with Gasteiger partial charge < -0.3 is 8.85 Å². The van der Waals surface area contributed by atoms with E-state index < -0.39 is 8.56 Å². The van der Waals surface area contributed by atoms with Gasteiger partial charge in [-0.1, -0.05) is 13.8 Å². The van der Waals surface area contributed by atoms with Crippen molar-refractivity contribution < 1.29 is 8.85 Å². The molecular formula is C10H24O2SSi. The molecule has 0 aliphatic heterocycles. The van der Waals surface area contributed by atoms with Gasteiger partial charge in [-0.15, -0.1) is 0 Å². The first-order valence-electron chi connectivity index (χ1n) is 5.22. The average molecular weight is 236 g/mol. The SMILES string of the molecule is CO[Si](C)(CCCSCC(C)C)OC. The highest BCUT2D eigenvalue weighted by molar-refractivity contribution is 7.99. The Balaban J connectivity index is 3.43. The maximum Gasteiger partial charge on any atom is 0.334 e. The lowest BCUT2D eigenvalue weighted by atomic mass is 10.3. The number of thioether (sulfide) groups is 1. The van der Waals surface area contributed by atoms with Crippen molar-refractivity contribution in [3.63, 3.8) is 0 Å². The van der Waals surface area contributed by atoms with Gasteiger partial charge in [-0.05, 0) is 36.4 Å². The van der Waals surface area contributed by atoms with Crippen molar-refractivity contribution in [2.24, 2.45) is 5.92 Å². The van der Waals surface area contributed by atoms with Gasteiger partial charge in [0.25, 0.3) is 0 Å². The van der Waals surface area contributed by atoms with Gasteiger partial charge in [0.2, 0.25) is 0 Å². The quantitative estimate of drug-likeness (QED) is 0.476. The Morgan fingerprint density at radius 1 is 1.21 bits per heavy atom. The second kappa shape index (κ2) is 7.74. The minimum absolute atomic E-state index is 0.800. The predicted octanol–water partition coefficient (Wildman–Crippen LogP) is 3.13. The zero-order valence-electron chi connectivity index (χ0n) is 10.1. The van der Waals surface area contributed by atoms with E-state index in [2.05, 4.69) is 20.4 Å². The molecule has 0 rings (SSSR count). The highest BCUT2D eigenvalue weighted by Crippen LogP contribution is 2.17. The molecule has 0 amide bonds. The molecule has 0 fully saturated rings. The molecule has 0 atom stereocenters. The van der Waals surface area contributed by atoms with E-state index in [9.17, 15) is 0 Å². The van der Waals surface area contributed by atoms with Crippen LogP contribution < -0.4 is 0 Å². The lowest BCUT2D eigenvalue weighted by molar-refractivity contribution is 0.249. The van der Waals surface area contributed by atoms with Crippen LogP contribution in [0.1, 0.15) is 20.3 Å². The number of hydrogen-bond donors (Lipinski definition) is 0. The standard InChI is InChI=1S/C10H24O2SSi/c1-10(2)9-13-7-6-8-14(5,11-3)12-4/h10H,6-9H2,1-5H3. The van der Waals surface area contributed by atoms with Crippen LogP contribution in [0.3, 0.4) is 0 Å². The third-order valence-corrected chi connectivity index (χ3v) is 6.70. The van der Waals surface area contributed by atoms with E-state index in [1.807, 2.05) is 11.8 Å². The van der Waals surface area contributed by atoms with Gasteiger partial charge in [0.15, 0.2) is 0 Å². The first kappa shape index (κ1) is 14.5. The van der Waals surface area contributed by atoms with Gasteiger partial charge in [-0.3, -0.25) is 0 Å². The van der Waals surface area contributed by atoms with E-state index in [1.165, 1.54) is 17.9 Å². The molecule has 0 spiro atoms. The summed E-state index contributed by atoms with van der Waals surface area (Å²) in [6.07, 6.45) is 1.21. The molecule has 2 nitrogen and oxygen atoms in total. The Kier molecular flexibility index (Phi) is 8.01. The maximum absolute atomic E-state index is 5.42. The maximum atomic E-state index is 5.42. The van der Waals surface area contributed by atoms with E-state index in [4.69, 9.17) is 8.85 Å². The molecule has 4 heteroatoms. The second-order valence-corrected chi connectivity index (χ2v) is 8.85. The monoisotopic (exact) mass is 236 g/mol. The second-order valence-electron chi connectivity index (χ2n) is 4.11. The number of hydrogen-bond acceptors (Lipinski definition) is 3. The zero-order chi connectivity index (χ0) is 11.0. The summed E-state index contributed by atoms with van der Waals surface area (Å²) in [5, 5.41) is 0. The topological polar surface area (TPSA) is 18.5 Å². The van der Waals surface area contributed by atoms with Crippen LogP contribution in [0.15, 0.2) is 0 Å². The van der Waals surface area contributed by atoms with Crippen molar-refractivity contribution in [2.45, 2.75) is 32.9 Å². The van der Waals surface area contributed by atoms with Crippen LogP contribution in [-0.4, -0.2) is 34.3 Å². The molecule has 0 bridgehead atoms. The molecular weight excluding hydrogens is 212 g/mol. The highest BCUT2D eigenvalue weighted by atomic mass is 32.2. The molecule has 0 aromatic heterocycles. The van der Waals surface area contributed by atoms with Gasteiger partial charge >= 0.3 is 8.56 Å². The summed E-state index contributed by atoms with van der Waals surface area (Å²) in [7, 11) is 1.73. The van der Waals surface area contributed by atoms with Gasteiger partial charge in [-0.2, -0.15) is 11.8 Å². The molecule has 86 valence electrons. The van der Waals surface area contributed by atoms with Crippen LogP contribution in [0.2, 0.25) is 12.6 Å². The fourth-order valence-corrected chi connectivity index (χ4v) is 3.74. The molecule has 0 aliphatic rings. The van der Waals surface area contributed by atoms with Crippen molar-refractivity contribution in [3.8, 4) is 0 Å². The molecule has 0 aromatic carbocycles. The average Bonchev–Trinajstić information content (AvgIpc) is 2.16. The Bertz CT molecular complexity index is 138. The molecule has 0 radical (unpaired) electrons. The van der Waals surface area contributed by atoms with Gasteiger partial charge in [-0.25, -0.2) is 0 Å². The molecule has 0 unspecified atom stereocenters. The number of rotatable bonds is 8. The summed E-state index contributed by atoms with van der Waals surface area (Å²) in [5.74, 6) is 3.29. The van der Waals surface area contributed by atoms with Crippen molar-refractivity contribution in [2.75, 3.05) is 25.7 Å². The summed E-state index contributed by atoms with van der Waals surface area (Å²) in [6, 6.07) is 1.10. The van der Waals surface area contributed by atoms with Crippen molar-refractivity contribution in [1.82, 2.24) is 0 Å². The summed E-state index contributed by atoms with van der Waals surface area (Å²) in [4.78, 5) is 0. The lowest BCUT2D eigenvalue weighted by Crippen LogP contribution is -2.35. The van der Waals surface area contributed by atoms with Crippen LogP contribution in [0.4, 0.5) is 0 Å². The third-order valence-electron chi connectivity index (χ3n) is 2.23. The molecule has 0 aliphatic carbocycles. The van der Waals surface area contributed by atoms with Crippen molar-refractivity contribution in [3.05, 3.63) is 0 Å². The molecule has 0 aromatic rings. The molecule has 0 N–H and O–H groups in total. The Morgan fingerprint density at radius 2 is 1.79 bits per heavy atom. The normalized spacial score (nSPS) is 12.4. The first-order valence-corrected chi connectivity index (χ1v) is 8.90. The summed E-state index contributed by atoms with van der Waals surface area (Å²) in [6.45, 7) is 6.65. The van der Waals surface area contributed by atoms with E-state index in [-0.39, 0.29) is 0 Å². The lowest BCUT2D eigenvalue weighted by Gasteiger charge is -2.22. The van der Waals surface area contributed by atoms with Crippen molar-refractivity contribution in [1.29, 1.82) is 0 Å². The minimum Gasteiger partial charge on any atom is -0.398 e. The van der Waals surface area contributed by atoms with E-state index in [1.54, 1.807) is 14.2 Å². The summed E-state index contributed by atoms with van der Waals surface area (Å²) < 4.78 is 10.8. The predicted molar refractivity (Wildman–Crippen MR) is 67.2 cm³/mol. The molecule has 0 heterocycles. The van der Waals surface area contributed by atoms with Crippen LogP contribution in [0.25, 0.3) is 0 Å². The van der Waals surface area contributed by atoms with E-state index in [0.29, 0.717) is 0 Å². The fourth-order valence-electron chi connectivity index (χ4n) is 1.10. The highest BCUT2D eigenvalue weighted by Gasteiger charge is 2.27. The van der Waals surface area contributed by atoms with Crippen LogP contribution in [-0.2, 0) is 8.85 Å². The van der Waals surface area contributed by atoms with Crippen LogP contribution >= 0.6 is 11.8 Å². The molecule has 0 saturated carbocycles.